The summed E-state index contributed by atoms with van der Waals surface area (Å²) < 4.78 is 0. The molecule has 0 saturated heterocycles. The molecule has 12 aromatic rings. The van der Waals surface area contributed by atoms with E-state index in [-0.39, 0.29) is 12.0 Å². The first-order valence-corrected chi connectivity index (χ1v) is 29.3. The second-order valence-electron chi connectivity index (χ2n) is 22.5. The van der Waals surface area contributed by atoms with Gasteiger partial charge in [-0.15, -0.1) is 0 Å². The summed E-state index contributed by atoms with van der Waals surface area (Å²) in [5, 5.41) is 20.5. The van der Waals surface area contributed by atoms with Gasteiger partial charge in [-0.05, 0) is 177 Å². The molecule has 0 spiro atoms. The Kier molecular flexibility index (Phi) is 12.1. The number of hydrogen-bond donors (Lipinski definition) is 0. The lowest BCUT2D eigenvalue weighted by atomic mass is 9.67. The maximum Gasteiger partial charge on any atom is 0.210 e. The molecule has 0 heterocycles. The SMILES string of the molecule is [C-]#[N+]c1ccccc1N(C1=C2C=CC3=C4C(=CC=C(C=C1)C24)C(N(c1ccccc1C#N)c1ccc(-c2ccc4ccccc4c2)cc1-c1ccc2ccccc2c1)C=C3)c1ccc(-c2ccc3ccccc3c2)cc1-c1ccc2ccccc2c1. The van der Waals surface area contributed by atoms with Crippen LogP contribution in [-0.2, 0) is 0 Å². The molecule has 2 atom stereocenters. The lowest BCUT2D eigenvalue weighted by molar-refractivity contribution is 0.773. The van der Waals surface area contributed by atoms with Crippen molar-refractivity contribution in [2.75, 3.05) is 9.80 Å². The summed E-state index contributed by atoms with van der Waals surface area (Å²) in [4.78, 5) is 8.96. The Morgan fingerprint density at radius 3 is 1.45 bits per heavy atom. The quantitative estimate of drug-likeness (QED) is 0.128. The third-order valence-corrected chi connectivity index (χ3v) is 17.8. The van der Waals surface area contributed by atoms with Crippen LogP contribution in [0.3, 0.4) is 0 Å². The van der Waals surface area contributed by atoms with Crippen LogP contribution in [0.5, 0.6) is 0 Å². The minimum Gasteiger partial charge on any atom is -0.329 e. The Bertz CT molecular complexity index is 5180. The normalized spacial score (nSPS) is 15.6. The predicted molar refractivity (Wildman–Crippen MR) is 358 cm³/mol. The number of fused-ring (bicyclic) bond motifs is 4. The van der Waals surface area contributed by atoms with Crippen LogP contribution in [0.15, 0.2) is 337 Å². The highest BCUT2D eigenvalue weighted by Gasteiger charge is 2.41. The van der Waals surface area contributed by atoms with Crippen molar-refractivity contribution in [3.05, 3.63) is 354 Å². The van der Waals surface area contributed by atoms with E-state index in [1.165, 1.54) is 43.5 Å². The van der Waals surface area contributed by atoms with E-state index < -0.39 is 0 Å². The van der Waals surface area contributed by atoms with Crippen molar-refractivity contribution in [2.24, 2.45) is 5.92 Å². The van der Waals surface area contributed by atoms with Crippen LogP contribution in [-0.4, -0.2) is 6.04 Å². The van der Waals surface area contributed by atoms with Gasteiger partial charge in [-0.25, -0.2) is 4.85 Å². The van der Waals surface area contributed by atoms with Crippen LogP contribution in [0.2, 0.25) is 0 Å². The molecule has 86 heavy (non-hydrogen) atoms. The number of hydrogen-bond acceptors (Lipinski definition) is 3. The number of benzene rings is 12. The van der Waals surface area contributed by atoms with Crippen molar-refractivity contribution in [2.45, 2.75) is 6.04 Å². The van der Waals surface area contributed by atoms with E-state index in [0.717, 1.165) is 100 Å². The van der Waals surface area contributed by atoms with Crippen LogP contribution in [0.1, 0.15) is 5.56 Å². The number of para-hydroxylation sites is 3. The van der Waals surface area contributed by atoms with E-state index in [4.69, 9.17) is 6.57 Å². The molecule has 0 fully saturated rings. The fourth-order valence-corrected chi connectivity index (χ4v) is 13.6. The summed E-state index contributed by atoms with van der Waals surface area (Å²) in [6, 6.07) is 93.1. The Balaban J connectivity index is 0.873. The van der Waals surface area contributed by atoms with E-state index in [0.29, 0.717) is 11.3 Å². The topological polar surface area (TPSA) is 34.6 Å². The van der Waals surface area contributed by atoms with Crippen molar-refractivity contribution < 1.29 is 0 Å². The maximum atomic E-state index is 11.1. The average molecular weight is 1090 g/mol. The van der Waals surface area contributed by atoms with Gasteiger partial charge < -0.3 is 9.80 Å². The molecular weight excluding hydrogens is 1040 g/mol. The zero-order chi connectivity index (χ0) is 57.2. The highest BCUT2D eigenvalue weighted by molar-refractivity contribution is 5.99. The standard InChI is InChI=1S/C82H52N4/c1-84-74-23-11-13-25-80(74)86(79-45-39-66(64-31-27-54-15-3-7-19-60(54)47-64)51-73(79)68-33-29-56-17-5-9-21-62(56)49-68)77-43-37-58-34-40-70-76(42-36-57-35-41-71(77)82(58)81(57)70)85(75-24-12-10-22-69(75)52-83)78-44-38-65(63-30-26-53-14-2-6-18-59(53)46-63)50-72(78)67-32-28-55-16-4-8-20-61(55)48-67/h2-51,76,82H. The number of anilines is 4. The fraction of sp³-hybridized carbons (Fsp3) is 0.0244. The van der Waals surface area contributed by atoms with E-state index in [9.17, 15) is 5.26 Å². The Hall–Kier alpha value is -11.6. The monoisotopic (exact) mass is 1090 g/mol. The first-order chi connectivity index (χ1) is 42.5. The van der Waals surface area contributed by atoms with Gasteiger partial charge in [0, 0.05) is 28.4 Å². The smallest absolute Gasteiger partial charge is 0.210 e. The van der Waals surface area contributed by atoms with Crippen LogP contribution >= 0.6 is 0 Å². The Labute approximate surface area is 500 Å². The summed E-state index contributed by atoms with van der Waals surface area (Å²) in [6.07, 6.45) is 18.4. The highest BCUT2D eigenvalue weighted by Crippen LogP contribution is 2.54. The molecule has 2 unspecified atom stereocenters. The van der Waals surface area contributed by atoms with Crippen molar-refractivity contribution in [3.8, 4) is 50.6 Å². The molecule has 0 N–H and O–H groups in total. The van der Waals surface area contributed by atoms with Crippen molar-refractivity contribution >= 4 is 71.5 Å². The zero-order valence-corrected chi connectivity index (χ0v) is 46.8. The molecule has 0 radical (unpaired) electrons. The molecule has 12 aromatic carbocycles. The lowest BCUT2D eigenvalue weighted by Crippen LogP contribution is -2.38. The molecule has 16 rings (SSSR count). The molecule has 0 aliphatic heterocycles. The fourth-order valence-electron chi connectivity index (χ4n) is 13.6. The van der Waals surface area contributed by atoms with Gasteiger partial charge >= 0.3 is 0 Å². The van der Waals surface area contributed by atoms with Gasteiger partial charge in [0.15, 0.2) is 0 Å². The molecule has 0 aromatic heterocycles. The van der Waals surface area contributed by atoms with Crippen molar-refractivity contribution in [1.29, 1.82) is 5.26 Å². The molecule has 400 valence electrons. The Morgan fingerprint density at radius 2 is 0.872 bits per heavy atom. The predicted octanol–water partition coefficient (Wildman–Crippen LogP) is 21.5. The molecular formula is C82H52N4. The number of nitrogens with zero attached hydrogens (tertiary/aromatic N) is 4. The molecule has 4 nitrogen and oxygen atoms in total. The molecule has 0 bridgehead atoms. The van der Waals surface area contributed by atoms with Gasteiger partial charge in [0.05, 0.1) is 35.2 Å². The zero-order valence-electron chi connectivity index (χ0n) is 46.8. The van der Waals surface area contributed by atoms with Crippen LogP contribution < -0.4 is 9.80 Å². The minimum absolute atomic E-state index is 0.144. The highest BCUT2D eigenvalue weighted by atomic mass is 15.2. The van der Waals surface area contributed by atoms with Gasteiger partial charge in [-0.2, -0.15) is 5.26 Å². The largest absolute Gasteiger partial charge is 0.329 e. The summed E-state index contributed by atoms with van der Waals surface area (Å²) in [5.41, 5.74) is 20.4. The summed E-state index contributed by atoms with van der Waals surface area (Å²) in [7, 11) is 0. The molecule has 0 amide bonds. The van der Waals surface area contributed by atoms with E-state index in [2.05, 4.69) is 288 Å². The van der Waals surface area contributed by atoms with Gasteiger partial charge in [0.25, 0.3) is 0 Å². The van der Waals surface area contributed by atoms with Gasteiger partial charge in [0.2, 0.25) is 5.69 Å². The Morgan fingerprint density at radius 1 is 0.395 bits per heavy atom. The summed E-state index contributed by atoms with van der Waals surface area (Å²) >= 11 is 0. The van der Waals surface area contributed by atoms with Gasteiger partial charge in [-0.3, -0.25) is 0 Å². The first-order valence-electron chi connectivity index (χ1n) is 29.3. The molecule has 4 aliphatic carbocycles. The number of nitriles is 1. The van der Waals surface area contributed by atoms with Crippen LogP contribution in [0, 0.1) is 23.8 Å². The second-order valence-corrected chi connectivity index (χ2v) is 22.5. The number of allylic oxidation sites excluding steroid dienone is 10. The van der Waals surface area contributed by atoms with E-state index in [1.807, 2.05) is 36.4 Å². The summed E-state index contributed by atoms with van der Waals surface area (Å²) in [5.74, 6) is -0.144. The van der Waals surface area contributed by atoms with Crippen molar-refractivity contribution in [1.82, 2.24) is 0 Å². The molecule has 4 heteroatoms. The van der Waals surface area contributed by atoms with Crippen LogP contribution in [0.4, 0.5) is 28.4 Å². The van der Waals surface area contributed by atoms with Crippen molar-refractivity contribution in [3.63, 3.8) is 0 Å². The van der Waals surface area contributed by atoms with Crippen LogP contribution in [0.25, 0.3) is 92.4 Å². The average Bonchev–Trinajstić information content (AvgIpc) is 0.996. The lowest BCUT2D eigenvalue weighted by Gasteiger charge is -2.44. The minimum atomic E-state index is -0.324. The molecule has 4 aliphatic rings. The summed E-state index contributed by atoms with van der Waals surface area (Å²) in [6.45, 7) is 8.66. The maximum absolute atomic E-state index is 11.1. The molecule has 0 saturated carbocycles. The number of rotatable bonds is 10. The van der Waals surface area contributed by atoms with E-state index in [1.54, 1.807) is 0 Å². The van der Waals surface area contributed by atoms with E-state index >= 15 is 0 Å². The third-order valence-electron chi connectivity index (χ3n) is 17.8. The second kappa shape index (κ2) is 20.7. The van der Waals surface area contributed by atoms with Gasteiger partial charge in [-0.1, -0.05) is 231 Å². The van der Waals surface area contributed by atoms with Gasteiger partial charge in [0.1, 0.15) is 6.07 Å². The third kappa shape index (κ3) is 8.51. The first kappa shape index (κ1) is 50.2.